The molecular formula is C13H19N3. The van der Waals surface area contributed by atoms with Crippen molar-refractivity contribution in [2.24, 2.45) is 5.92 Å². The van der Waals surface area contributed by atoms with E-state index in [2.05, 4.69) is 36.6 Å². The molecule has 1 saturated carbocycles. The van der Waals surface area contributed by atoms with Crippen LogP contribution in [0.5, 0.6) is 0 Å². The van der Waals surface area contributed by atoms with E-state index in [-0.39, 0.29) is 5.92 Å². The van der Waals surface area contributed by atoms with E-state index < -0.39 is 0 Å². The van der Waals surface area contributed by atoms with Crippen LogP contribution in [0.3, 0.4) is 0 Å². The monoisotopic (exact) mass is 217 g/mol. The number of aryl methyl sites for hydroxylation is 1. The Morgan fingerprint density at radius 2 is 2.19 bits per heavy atom. The molecule has 2 unspecified atom stereocenters. The smallest absolute Gasteiger partial charge is 0.0688 e. The fourth-order valence-corrected chi connectivity index (χ4v) is 2.92. The van der Waals surface area contributed by atoms with Crippen LogP contribution < -0.4 is 0 Å². The van der Waals surface area contributed by atoms with E-state index in [1.807, 2.05) is 0 Å². The van der Waals surface area contributed by atoms with Crippen LogP contribution in [0.4, 0.5) is 0 Å². The zero-order valence-corrected chi connectivity index (χ0v) is 10.3. The van der Waals surface area contributed by atoms with Crippen LogP contribution in [-0.2, 0) is 6.42 Å². The number of rotatable bonds is 2. The van der Waals surface area contributed by atoms with Crippen molar-refractivity contribution >= 4 is 0 Å². The zero-order chi connectivity index (χ0) is 11.7. The Balaban J connectivity index is 2.38. The summed E-state index contributed by atoms with van der Waals surface area (Å²) in [4.78, 5) is 0. The van der Waals surface area contributed by atoms with Gasteiger partial charge in [-0.25, -0.2) is 0 Å². The van der Waals surface area contributed by atoms with Gasteiger partial charge in [0.2, 0.25) is 0 Å². The Morgan fingerprint density at radius 3 is 2.75 bits per heavy atom. The number of hydrogen-bond acceptors (Lipinski definition) is 2. The fourth-order valence-electron chi connectivity index (χ4n) is 2.92. The second-order valence-corrected chi connectivity index (χ2v) is 4.68. The summed E-state index contributed by atoms with van der Waals surface area (Å²) in [7, 11) is 0. The van der Waals surface area contributed by atoms with Crippen LogP contribution >= 0.6 is 0 Å². The fraction of sp³-hybridized carbons (Fsp3) is 0.692. The number of nitriles is 1. The Morgan fingerprint density at radius 1 is 1.44 bits per heavy atom. The molecular weight excluding hydrogens is 198 g/mol. The predicted molar refractivity (Wildman–Crippen MR) is 63.1 cm³/mol. The van der Waals surface area contributed by atoms with Gasteiger partial charge in [0.1, 0.15) is 0 Å². The Labute approximate surface area is 97.1 Å². The van der Waals surface area contributed by atoms with Gasteiger partial charge in [-0.1, -0.05) is 6.92 Å². The van der Waals surface area contributed by atoms with Gasteiger partial charge < -0.3 is 0 Å². The van der Waals surface area contributed by atoms with E-state index in [0.717, 1.165) is 31.4 Å². The molecule has 0 saturated heterocycles. The summed E-state index contributed by atoms with van der Waals surface area (Å²) in [6.07, 6.45) is 4.31. The molecule has 3 nitrogen and oxygen atoms in total. The summed E-state index contributed by atoms with van der Waals surface area (Å²) in [5, 5.41) is 13.8. The van der Waals surface area contributed by atoms with Crippen LogP contribution in [0.25, 0.3) is 0 Å². The molecule has 0 aromatic carbocycles. The maximum absolute atomic E-state index is 9.13. The molecule has 1 heterocycles. The molecule has 1 aliphatic carbocycles. The molecule has 0 bridgehead atoms. The maximum Gasteiger partial charge on any atom is 0.0688 e. The minimum absolute atomic E-state index is 0.155. The average Bonchev–Trinajstić information content (AvgIpc) is 2.83. The van der Waals surface area contributed by atoms with Gasteiger partial charge in [0.15, 0.2) is 0 Å². The molecule has 16 heavy (non-hydrogen) atoms. The second-order valence-electron chi connectivity index (χ2n) is 4.68. The average molecular weight is 217 g/mol. The Hall–Kier alpha value is -1.30. The van der Waals surface area contributed by atoms with Crippen molar-refractivity contribution in [1.29, 1.82) is 5.26 Å². The van der Waals surface area contributed by atoms with Gasteiger partial charge >= 0.3 is 0 Å². The summed E-state index contributed by atoms with van der Waals surface area (Å²) in [6, 6.07) is 2.73. The third-order valence-electron chi connectivity index (χ3n) is 3.79. The molecule has 1 fully saturated rings. The standard InChI is InChI=1S/C13H19N3/c1-4-12-9(2)15-16(10(12)3)13-7-5-6-11(13)8-14/h11,13H,4-7H2,1-3H3. The molecule has 1 aromatic heterocycles. The summed E-state index contributed by atoms with van der Waals surface area (Å²) in [5.74, 6) is 0.155. The quantitative estimate of drug-likeness (QED) is 0.764. The highest BCUT2D eigenvalue weighted by Crippen LogP contribution is 2.36. The summed E-state index contributed by atoms with van der Waals surface area (Å²) in [5.41, 5.74) is 3.74. The maximum atomic E-state index is 9.13. The molecule has 0 amide bonds. The normalized spacial score (nSPS) is 24.6. The molecule has 0 N–H and O–H groups in total. The van der Waals surface area contributed by atoms with Gasteiger partial charge in [0.25, 0.3) is 0 Å². The lowest BCUT2D eigenvalue weighted by molar-refractivity contribution is 0.400. The van der Waals surface area contributed by atoms with Crippen molar-refractivity contribution in [2.75, 3.05) is 0 Å². The van der Waals surface area contributed by atoms with Gasteiger partial charge in [-0.15, -0.1) is 0 Å². The molecule has 2 rings (SSSR count). The lowest BCUT2D eigenvalue weighted by atomic mass is 10.1. The van der Waals surface area contributed by atoms with Gasteiger partial charge in [0, 0.05) is 5.69 Å². The number of aromatic nitrogens is 2. The second kappa shape index (κ2) is 4.29. The number of hydrogen-bond donors (Lipinski definition) is 0. The molecule has 3 heteroatoms. The van der Waals surface area contributed by atoms with E-state index >= 15 is 0 Å². The van der Waals surface area contributed by atoms with Gasteiger partial charge in [-0.3, -0.25) is 4.68 Å². The van der Waals surface area contributed by atoms with E-state index in [9.17, 15) is 0 Å². The van der Waals surface area contributed by atoms with Crippen LogP contribution in [0.1, 0.15) is 49.2 Å². The van der Waals surface area contributed by atoms with Crippen molar-refractivity contribution < 1.29 is 0 Å². The first kappa shape index (κ1) is 11.2. The summed E-state index contributed by atoms with van der Waals surface area (Å²) < 4.78 is 2.11. The molecule has 0 aliphatic heterocycles. The summed E-state index contributed by atoms with van der Waals surface area (Å²) in [6.45, 7) is 6.36. The minimum Gasteiger partial charge on any atom is -0.265 e. The van der Waals surface area contributed by atoms with Crippen LogP contribution in [0.15, 0.2) is 0 Å². The predicted octanol–water partition coefficient (Wildman–Crippen LogP) is 2.93. The lowest BCUT2D eigenvalue weighted by Crippen LogP contribution is -2.15. The summed E-state index contributed by atoms with van der Waals surface area (Å²) >= 11 is 0. The highest BCUT2D eigenvalue weighted by molar-refractivity contribution is 5.25. The molecule has 0 radical (unpaired) electrons. The first-order valence-electron chi connectivity index (χ1n) is 6.13. The van der Waals surface area contributed by atoms with Crippen molar-refractivity contribution in [3.63, 3.8) is 0 Å². The molecule has 1 aromatic rings. The Kier molecular flexibility index (Phi) is 3.00. The molecule has 86 valence electrons. The van der Waals surface area contributed by atoms with Gasteiger partial charge in [0.05, 0.1) is 23.7 Å². The van der Waals surface area contributed by atoms with E-state index in [1.54, 1.807) is 0 Å². The topological polar surface area (TPSA) is 41.6 Å². The molecule has 0 spiro atoms. The van der Waals surface area contributed by atoms with Crippen LogP contribution in [-0.4, -0.2) is 9.78 Å². The molecule has 1 aliphatic rings. The largest absolute Gasteiger partial charge is 0.265 e. The first-order valence-corrected chi connectivity index (χ1v) is 6.13. The minimum atomic E-state index is 0.155. The highest BCUT2D eigenvalue weighted by Gasteiger charge is 2.30. The van der Waals surface area contributed by atoms with Crippen LogP contribution in [0.2, 0.25) is 0 Å². The lowest BCUT2D eigenvalue weighted by Gasteiger charge is -2.16. The van der Waals surface area contributed by atoms with Crippen LogP contribution in [0, 0.1) is 31.1 Å². The van der Waals surface area contributed by atoms with Crippen molar-refractivity contribution in [3.05, 3.63) is 17.0 Å². The number of nitrogens with zero attached hydrogens (tertiary/aromatic N) is 3. The third kappa shape index (κ3) is 1.63. The SMILES string of the molecule is CCc1c(C)nn(C2CCCC2C#N)c1C. The van der Waals surface area contributed by atoms with E-state index in [1.165, 1.54) is 11.3 Å². The zero-order valence-electron chi connectivity index (χ0n) is 10.3. The van der Waals surface area contributed by atoms with Crippen molar-refractivity contribution in [1.82, 2.24) is 9.78 Å². The third-order valence-corrected chi connectivity index (χ3v) is 3.79. The van der Waals surface area contributed by atoms with Gasteiger partial charge in [-0.05, 0) is 45.1 Å². The van der Waals surface area contributed by atoms with E-state index in [4.69, 9.17) is 5.26 Å². The van der Waals surface area contributed by atoms with Gasteiger partial charge in [-0.2, -0.15) is 10.4 Å². The van der Waals surface area contributed by atoms with Crippen molar-refractivity contribution in [2.45, 2.75) is 52.5 Å². The first-order chi connectivity index (χ1) is 7.69. The van der Waals surface area contributed by atoms with Crippen molar-refractivity contribution in [3.8, 4) is 6.07 Å². The highest BCUT2D eigenvalue weighted by atomic mass is 15.3. The van der Waals surface area contributed by atoms with E-state index in [0.29, 0.717) is 6.04 Å². The molecule has 2 atom stereocenters. The Bertz CT molecular complexity index is 425.